The molecule has 0 spiro atoms. The Balaban J connectivity index is 1.09. The molecule has 8 aromatic carbocycles. The van der Waals surface area contributed by atoms with Gasteiger partial charge in [0.2, 0.25) is 0 Å². The van der Waals surface area contributed by atoms with Crippen LogP contribution in [0, 0.1) is 0 Å². The van der Waals surface area contributed by atoms with E-state index in [2.05, 4.69) is 206 Å². The van der Waals surface area contributed by atoms with Crippen LogP contribution in [-0.2, 0) is 0 Å². The molecule has 0 saturated carbocycles. The number of nitrogens with zero attached hydrogens (tertiary/aromatic N) is 5. The van der Waals surface area contributed by atoms with E-state index in [4.69, 9.17) is 4.98 Å². The maximum Gasteiger partial charge on any atom is 0.145 e. The summed E-state index contributed by atoms with van der Waals surface area (Å²) in [5.41, 5.74) is 13.6. The van der Waals surface area contributed by atoms with Crippen LogP contribution in [-0.4, -0.2) is 23.3 Å². The largest absolute Gasteiger partial charge is 0.309 e. The van der Waals surface area contributed by atoms with Crippen molar-refractivity contribution >= 4 is 87.4 Å². The lowest BCUT2D eigenvalue weighted by Crippen LogP contribution is -2.00. The first kappa shape index (κ1) is 31.3. The molecule has 0 radical (unpaired) electrons. The van der Waals surface area contributed by atoms with Crippen LogP contribution in [0.5, 0.6) is 0 Å². The average Bonchev–Trinajstić information content (AvgIpc) is 4.01. The van der Waals surface area contributed by atoms with Crippen molar-refractivity contribution in [3.8, 4) is 22.7 Å². The number of fused-ring (bicyclic) bond motifs is 13. The van der Waals surface area contributed by atoms with Gasteiger partial charge in [0.25, 0.3) is 0 Å². The van der Waals surface area contributed by atoms with Crippen LogP contribution in [0.3, 0.4) is 0 Å². The summed E-state index contributed by atoms with van der Waals surface area (Å²) in [6.45, 7) is 0. The predicted molar refractivity (Wildman–Crippen MR) is 242 cm³/mol. The smallest absolute Gasteiger partial charge is 0.145 e. The molecule has 0 aliphatic carbocycles. The molecule has 0 aliphatic rings. The van der Waals surface area contributed by atoms with Crippen molar-refractivity contribution in [3.05, 3.63) is 200 Å². The highest BCUT2D eigenvalue weighted by Crippen LogP contribution is 2.43. The van der Waals surface area contributed by atoms with Gasteiger partial charge in [0.1, 0.15) is 5.65 Å². The minimum atomic E-state index is 0.939. The molecule has 0 amide bonds. The van der Waals surface area contributed by atoms with E-state index in [-0.39, 0.29) is 0 Å². The van der Waals surface area contributed by atoms with Crippen molar-refractivity contribution < 1.29 is 0 Å². The van der Waals surface area contributed by atoms with Gasteiger partial charge in [-0.3, -0.25) is 4.57 Å². The van der Waals surface area contributed by atoms with Gasteiger partial charge in [-0.1, -0.05) is 109 Å². The molecule has 5 heterocycles. The van der Waals surface area contributed by atoms with E-state index >= 15 is 0 Å². The molecule has 0 atom stereocenters. The standard InChI is InChI=1S/C53H33N5/c1-6-24-45-38(18-1)39-19-2-7-25-46(39)55(45)34-14-11-16-36(32-34)57-49-28-10-5-22-44(49)51-50(57)30-29-42-43-23-13-31-54-53(43)58(52(42)51)37-17-12-15-35(33-37)56-47-26-8-3-20-40(47)41-21-4-9-27-48(41)56/h1-33H. The second kappa shape index (κ2) is 11.8. The zero-order valence-corrected chi connectivity index (χ0v) is 31.3. The fourth-order valence-electron chi connectivity index (χ4n) is 9.86. The van der Waals surface area contributed by atoms with Crippen LogP contribution in [0.2, 0.25) is 0 Å². The summed E-state index contributed by atoms with van der Waals surface area (Å²) in [4.78, 5) is 5.08. The summed E-state index contributed by atoms with van der Waals surface area (Å²) in [5, 5.41) is 9.73. The van der Waals surface area contributed by atoms with Crippen LogP contribution < -0.4 is 0 Å². The van der Waals surface area contributed by atoms with Crippen molar-refractivity contribution in [1.29, 1.82) is 0 Å². The van der Waals surface area contributed by atoms with Gasteiger partial charge >= 0.3 is 0 Å². The molecule has 5 nitrogen and oxygen atoms in total. The summed E-state index contributed by atoms with van der Waals surface area (Å²) in [5.74, 6) is 0. The third-order valence-corrected chi connectivity index (χ3v) is 12.2. The molecule has 0 N–H and O–H groups in total. The van der Waals surface area contributed by atoms with Crippen LogP contribution >= 0.6 is 0 Å². The molecule has 58 heavy (non-hydrogen) atoms. The fraction of sp³-hybridized carbons (Fsp3) is 0. The zero-order valence-electron chi connectivity index (χ0n) is 31.3. The first-order chi connectivity index (χ1) is 28.8. The molecular formula is C53H33N5. The van der Waals surface area contributed by atoms with Gasteiger partial charge in [-0.15, -0.1) is 0 Å². The topological polar surface area (TPSA) is 32.6 Å². The molecule has 270 valence electrons. The van der Waals surface area contributed by atoms with Gasteiger partial charge < -0.3 is 13.7 Å². The maximum absolute atomic E-state index is 5.08. The third-order valence-electron chi connectivity index (χ3n) is 12.2. The van der Waals surface area contributed by atoms with Crippen molar-refractivity contribution in [2.75, 3.05) is 0 Å². The first-order valence-electron chi connectivity index (χ1n) is 19.8. The number of pyridine rings is 1. The van der Waals surface area contributed by atoms with E-state index in [0.29, 0.717) is 0 Å². The van der Waals surface area contributed by atoms with Crippen LogP contribution in [0.25, 0.3) is 110 Å². The molecule has 0 bridgehead atoms. The van der Waals surface area contributed by atoms with Gasteiger partial charge in [-0.05, 0) is 84.9 Å². The fourth-order valence-corrected chi connectivity index (χ4v) is 9.86. The highest BCUT2D eigenvalue weighted by atomic mass is 15.1. The summed E-state index contributed by atoms with van der Waals surface area (Å²) in [6.07, 6.45) is 1.91. The van der Waals surface area contributed by atoms with Crippen molar-refractivity contribution in [2.45, 2.75) is 0 Å². The SMILES string of the molecule is c1cc(-n2c3ccccc3c3ccccc32)cc(-n2c3ccccc3c3c2ccc2c4cccnc4n(-c4cccc(-n5c6ccccc6c6ccccc65)c4)c23)c1. The van der Waals surface area contributed by atoms with E-state index in [1.54, 1.807) is 0 Å². The van der Waals surface area contributed by atoms with E-state index in [1.165, 1.54) is 59.8 Å². The summed E-state index contributed by atoms with van der Waals surface area (Å²) >= 11 is 0. The normalized spacial score (nSPS) is 12.1. The highest BCUT2D eigenvalue weighted by Gasteiger charge is 2.22. The molecule has 0 fully saturated rings. The van der Waals surface area contributed by atoms with E-state index in [0.717, 1.165) is 50.3 Å². The Hall–Kier alpha value is -7.89. The molecule has 13 rings (SSSR count). The van der Waals surface area contributed by atoms with Crippen LogP contribution in [0.4, 0.5) is 0 Å². The third kappa shape index (κ3) is 4.22. The monoisotopic (exact) mass is 739 g/mol. The van der Waals surface area contributed by atoms with E-state index < -0.39 is 0 Å². The minimum Gasteiger partial charge on any atom is -0.309 e. The number of hydrogen-bond acceptors (Lipinski definition) is 1. The summed E-state index contributed by atoms with van der Waals surface area (Å²) < 4.78 is 9.61. The summed E-state index contributed by atoms with van der Waals surface area (Å²) in [6, 6.07) is 70.4. The predicted octanol–water partition coefficient (Wildman–Crippen LogP) is 13.5. The lowest BCUT2D eigenvalue weighted by atomic mass is 10.1. The van der Waals surface area contributed by atoms with Crippen molar-refractivity contribution in [2.24, 2.45) is 0 Å². The Morgan fingerprint density at radius 1 is 0.276 bits per heavy atom. The highest BCUT2D eigenvalue weighted by molar-refractivity contribution is 6.26. The maximum atomic E-state index is 5.08. The number of aromatic nitrogens is 5. The number of rotatable bonds is 4. The quantitative estimate of drug-likeness (QED) is 0.177. The Kier molecular flexibility index (Phi) is 6.38. The van der Waals surface area contributed by atoms with E-state index in [1.807, 2.05) is 12.3 Å². The minimum absolute atomic E-state index is 0.939. The van der Waals surface area contributed by atoms with Crippen LogP contribution in [0.15, 0.2) is 200 Å². The Morgan fingerprint density at radius 3 is 1.17 bits per heavy atom. The number of benzene rings is 8. The molecule has 13 aromatic rings. The second-order valence-electron chi connectivity index (χ2n) is 15.2. The Bertz CT molecular complexity index is 3710. The molecule has 0 aliphatic heterocycles. The van der Waals surface area contributed by atoms with Gasteiger partial charge in [-0.25, -0.2) is 4.98 Å². The van der Waals surface area contributed by atoms with Gasteiger partial charge in [0.05, 0.1) is 38.6 Å². The van der Waals surface area contributed by atoms with Gasteiger partial charge in [-0.2, -0.15) is 0 Å². The van der Waals surface area contributed by atoms with Gasteiger partial charge in [0, 0.05) is 72.0 Å². The Morgan fingerprint density at radius 2 is 0.672 bits per heavy atom. The lowest BCUT2D eigenvalue weighted by molar-refractivity contribution is 1.11. The molecule has 5 aromatic heterocycles. The zero-order chi connectivity index (χ0) is 37.9. The number of hydrogen-bond donors (Lipinski definition) is 0. The average molecular weight is 740 g/mol. The van der Waals surface area contributed by atoms with Crippen molar-refractivity contribution in [3.63, 3.8) is 0 Å². The molecular weight excluding hydrogens is 707 g/mol. The second-order valence-corrected chi connectivity index (χ2v) is 15.2. The molecule has 5 heteroatoms. The van der Waals surface area contributed by atoms with Gasteiger partial charge in [0.15, 0.2) is 0 Å². The summed E-state index contributed by atoms with van der Waals surface area (Å²) in [7, 11) is 0. The van der Waals surface area contributed by atoms with E-state index in [9.17, 15) is 0 Å². The lowest BCUT2D eigenvalue weighted by Gasteiger charge is -2.13. The van der Waals surface area contributed by atoms with Crippen molar-refractivity contribution in [1.82, 2.24) is 23.3 Å². The first-order valence-corrected chi connectivity index (χ1v) is 19.8. The molecule has 0 saturated heterocycles. The Labute approximate surface area is 332 Å². The number of para-hydroxylation sites is 5. The van der Waals surface area contributed by atoms with Crippen LogP contribution in [0.1, 0.15) is 0 Å². The molecule has 0 unspecified atom stereocenters.